The van der Waals surface area contributed by atoms with Crippen LogP contribution in [0, 0.1) is 0 Å². The lowest BCUT2D eigenvalue weighted by atomic mass is 10.00. The third-order valence-electron chi connectivity index (χ3n) is 2.44. The van der Waals surface area contributed by atoms with Gasteiger partial charge in [0.15, 0.2) is 0 Å². The minimum Gasteiger partial charge on any atom is -0.392 e. The lowest BCUT2D eigenvalue weighted by molar-refractivity contribution is 0.283. The molecule has 0 fully saturated rings. The molecule has 0 spiro atoms. The minimum atomic E-state index is 0.0813. The third-order valence-corrected chi connectivity index (χ3v) is 2.44. The molecule has 1 nitrogen and oxygen atoms in total. The Morgan fingerprint density at radius 2 is 1.79 bits per heavy atom. The van der Waals surface area contributed by atoms with Crippen LogP contribution in [0.4, 0.5) is 0 Å². The van der Waals surface area contributed by atoms with E-state index in [4.69, 9.17) is 0 Å². The molecule has 2 aromatic rings. The second kappa shape index (κ2) is 3.64. The Balaban J connectivity index is 2.84. The molecule has 1 heteroatoms. The molecular weight excluding hydrogens is 172 g/mol. The van der Waals surface area contributed by atoms with Crippen LogP contribution in [-0.4, -0.2) is 5.11 Å². The predicted molar refractivity (Wildman–Crippen MR) is 60.0 cm³/mol. The van der Waals surface area contributed by atoms with E-state index in [0.717, 1.165) is 21.9 Å². The number of aliphatic hydroxyl groups excluding tert-OH is 1. The molecule has 0 amide bonds. The first-order valence-electron chi connectivity index (χ1n) is 4.60. The molecule has 0 saturated heterocycles. The van der Waals surface area contributed by atoms with Gasteiger partial charge >= 0.3 is 0 Å². The SMILES string of the molecule is C=Cc1ccc(CO)c2ccccc12. The number of benzene rings is 2. The highest BCUT2D eigenvalue weighted by molar-refractivity contribution is 5.92. The summed E-state index contributed by atoms with van der Waals surface area (Å²) < 4.78 is 0. The van der Waals surface area contributed by atoms with E-state index >= 15 is 0 Å². The Bertz CT molecular complexity index is 472. The van der Waals surface area contributed by atoms with E-state index < -0.39 is 0 Å². The van der Waals surface area contributed by atoms with Gasteiger partial charge in [-0.2, -0.15) is 0 Å². The van der Waals surface area contributed by atoms with Crippen LogP contribution in [-0.2, 0) is 6.61 Å². The van der Waals surface area contributed by atoms with Crippen molar-refractivity contribution in [3.05, 3.63) is 54.1 Å². The van der Waals surface area contributed by atoms with Crippen molar-refractivity contribution in [1.82, 2.24) is 0 Å². The number of fused-ring (bicyclic) bond motifs is 1. The fourth-order valence-electron chi connectivity index (χ4n) is 1.70. The zero-order valence-electron chi connectivity index (χ0n) is 7.90. The van der Waals surface area contributed by atoms with Crippen LogP contribution in [0.15, 0.2) is 43.0 Å². The van der Waals surface area contributed by atoms with Crippen molar-refractivity contribution >= 4 is 16.8 Å². The maximum atomic E-state index is 9.17. The molecule has 1 N–H and O–H groups in total. The van der Waals surface area contributed by atoms with Crippen molar-refractivity contribution < 1.29 is 5.11 Å². The van der Waals surface area contributed by atoms with Gasteiger partial charge < -0.3 is 5.11 Å². The van der Waals surface area contributed by atoms with E-state index in [0.29, 0.717) is 0 Å². The van der Waals surface area contributed by atoms with Crippen molar-refractivity contribution in [1.29, 1.82) is 0 Å². The maximum absolute atomic E-state index is 9.17. The van der Waals surface area contributed by atoms with Crippen molar-refractivity contribution in [2.45, 2.75) is 6.61 Å². The first-order valence-corrected chi connectivity index (χ1v) is 4.60. The maximum Gasteiger partial charge on any atom is 0.0687 e. The highest BCUT2D eigenvalue weighted by atomic mass is 16.3. The molecule has 0 aliphatic heterocycles. The monoisotopic (exact) mass is 184 g/mol. The van der Waals surface area contributed by atoms with Gasteiger partial charge in [0.05, 0.1) is 6.61 Å². The van der Waals surface area contributed by atoms with Crippen LogP contribution in [0.5, 0.6) is 0 Å². The molecule has 0 unspecified atom stereocenters. The summed E-state index contributed by atoms with van der Waals surface area (Å²) in [5.41, 5.74) is 2.07. The van der Waals surface area contributed by atoms with Crippen LogP contribution in [0.3, 0.4) is 0 Å². The quantitative estimate of drug-likeness (QED) is 0.760. The summed E-state index contributed by atoms with van der Waals surface area (Å²) in [5, 5.41) is 11.4. The zero-order valence-corrected chi connectivity index (χ0v) is 7.90. The van der Waals surface area contributed by atoms with E-state index in [1.165, 1.54) is 0 Å². The van der Waals surface area contributed by atoms with Gasteiger partial charge in [0, 0.05) is 0 Å². The average Bonchev–Trinajstić information content (AvgIpc) is 2.27. The van der Waals surface area contributed by atoms with Gasteiger partial charge in [-0.3, -0.25) is 0 Å². The Morgan fingerprint density at radius 1 is 1.07 bits per heavy atom. The Hall–Kier alpha value is -1.60. The zero-order chi connectivity index (χ0) is 9.97. The summed E-state index contributed by atoms with van der Waals surface area (Å²) in [4.78, 5) is 0. The van der Waals surface area contributed by atoms with E-state index in [9.17, 15) is 5.11 Å². The van der Waals surface area contributed by atoms with Crippen molar-refractivity contribution in [3.63, 3.8) is 0 Å². The topological polar surface area (TPSA) is 20.2 Å². The first kappa shape index (κ1) is 8.97. The molecule has 2 rings (SSSR count). The largest absolute Gasteiger partial charge is 0.392 e. The summed E-state index contributed by atoms with van der Waals surface area (Å²) >= 11 is 0. The second-order valence-electron chi connectivity index (χ2n) is 3.22. The number of aliphatic hydroxyl groups is 1. The standard InChI is InChI=1S/C13H12O/c1-2-10-7-8-11(9-14)13-6-4-3-5-12(10)13/h2-8,14H,1,9H2. The predicted octanol–water partition coefficient (Wildman–Crippen LogP) is 2.98. The molecule has 14 heavy (non-hydrogen) atoms. The molecule has 0 aliphatic rings. The molecular formula is C13H12O. The molecule has 0 aromatic heterocycles. The summed E-state index contributed by atoms with van der Waals surface area (Å²) in [5.74, 6) is 0. The molecule has 0 atom stereocenters. The van der Waals surface area contributed by atoms with Crippen molar-refractivity contribution in [3.8, 4) is 0 Å². The van der Waals surface area contributed by atoms with Crippen LogP contribution >= 0.6 is 0 Å². The van der Waals surface area contributed by atoms with Crippen LogP contribution in [0.2, 0.25) is 0 Å². The number of rotatable bonds is 2. The number of hydrogen-bond donors (Lipinski definition) is 1. The van der Waals surface area contributed by atoms with Gasteiger partial charge in [-0.05, 0) is 21.9 Å². The fraction of sp³-hybridized carbons (Fsp3) is 0.0769. The Morgan fingerprint density at radius 3 is 2.43 bits per heavy atom. The summed E-state index contributed by atoms with van der Waals surface area (Å²) in [6.45, 7) is 3.86. The van der Waals surface area contributed by atoms with Crippen molar-refractivity contribution in [2.24, 2.45) is 0 Å². The van der Waals surface area contributed by atoms with Gasteiger partial charge in [0.1, 0.15) is 0 Å². The highest BCUT2D eigenvalue weighted by Gasteiger charge is 2.01. The van der Waals surface area contributed by atoms with Gasteiger partial charge in [-0.15, -0.1) is 0 Å². The fourth-order valence-corrected chi connectivity index (χ4v) is 1.70. The molecule has 70 valence electrons. The summed E-state index contributed by atoms with van der Waals surface area (Å²) in [6, 6.07) is 12.0. The van der Waals surface area contributed by atoms with E-state index in [1.807, 2.05) is 42.5 Å². The summed E-state index contributed by atoms with van der Waals surface area (Å²) in [6.07, 6.45) is 1.84. The number of hydrogen-bond acceptors (Lipinski definition) is 1. The smallest absolute Gasteiger partial charge is 0.0687 e. The summed E-state index contributed by atoms with van der Waals surface area (Å²) in [7, 11) is 0. The molecule has 0 bridgehead atoms. The highest BCUT2D eigenvalue weighted by Crippen LogP contribution is 2.23. The van der Waals surface area contributed by atoms with E-state index in [2.05, 4.69) is 6.58 Å². The first-order chi connectivity index (χ1) is 6.86. The van der Waals surface area contributed by atoms with Crippen molar-refractivity contribution in [2.75, 3.05) is 0 Å². The lowest BCUT2D eigenvalue weighted by Gasteiger charge is -2.06. The van der Waals surface area contributed by atoms with Gasteiger partial charge in [-0.1, -0.05) is 49.1 Å². The molecule has 0 aliphatic carbocycles. The Kier molecular flexibility index (Phi) is 2.33. The molecule has 0 heterocycles. The van der Waals surface area contributed by atoms with Crippen LogP contribution in [0.25, 0.3) is 16.8 Å². The third kappa shape index (κ3) is 1.32. The van der Waals surface area contributed by atoms with Crippen LogP contribution < -0.4 is 0 Å². The van der Waals surface area contributed by atoms with Gasteiger partial charge in [0.2, 0.25) is 0 Å². The molecule has 0 saturated carbocycles. The second-order valence-corrected chi connectivity index (χ2v) is 3.22. The molecule has 0 radical (unpaired) electrons. The normalized spacial score (nSPS) is 10.4. The van der Waals surface area contributed by atoms with E-state index in [-0.39, 0.29) is 6.61 Å². The van der Waals surface area contributed by atoms with E-state index in [1.54, 1.807) is 0 Å². The lowest BCUT2D eigenvalue weighted by Crippen LogP contribution is -1.87. The Labute approximate surface area is 83.3 Å². The van der Waals surface area contributed by atoms with Gasteiger partial charge in [-0.25, -0.2) is 0 Å². The molecule has 2 aromatic carbocycles. The minimum absolute atomic E-state index is 0.0813. The average molecular weight is 184 g/mol. The van der Waals surface area contributed by atoms with Crippen LogP contribution in [0.1, 0.15) is 11.1 Å². The van der Waals surface area contributed by atoms with Gasteiger partial charge in [0.25, 0.3) is 0 Å².